The van der Waals surface area contributed by atoms with E-state index in [1.807, 2.05) is 0 Å². The SMILES string of the molecule is C=Cc1ccc[n+]([B-](F)(F)F)c1. The minimum absolute atomic E-state index is 0.247. The molecule has 0 radical (unpaired) electrons. The number of aromatic nitrogens is 1. The number of hydrogen-bond donors (Lipinski definition) is 0. The fraction of sp³-hybridized carbons (Fsp3) is 0. The second-order valence-electron chi connectivity index (χ2n) is 2.33. The summed E-state index contributed by atoms with van der Waals surface area (Å²) in [6.07, 6.45) is 3.36. The Kier molecular flexibility index (Phi) is 2.21. The largest absolute Gasteiger partial charge is 0.810 e. The fourth-order valence-electron chi connectivity index (χ4n) is 0.815. The molecule has 1 aromatic rings. The predicted molar refractivity (Wildman–Crippen MR) is 41.2 cm³/mol. The van der Waals surface area contributed by atoms with Crippen molar-refractivity contribution >= 4 is 13.2 Å². The van der Waals surface area contributed by atoms with Gasteiger partial charge in [-0.2, -0.15) is 0 Å². The molecule has 1 nitrogen and oxygen atoms in total. The fourth-order valence-corrected chi connectivity index (χ4v) is 0.815. The highest BCUT2D eigenvalue weighted by Gasteiger charge is 2.40. The van der Waals surface area contributed by atoms with Crippen molar-refractivity contribution in [1.29, 1.82) is 0 Å². The zero-order valence-corrected chi connectivity index (χ0v) is 6.25. The van der Waals surface area contributed by atoms with E-state index < -0.39 is 7.11 Å². The van der Waals surface area contributed by atoms with Crippen LogP contribution in [-0.4, -0.2) is 7.11 Å². The second-order valence-corrected chi connectivity index (χ2v) is 2.33. The molecule has 0 atom stereocenters. The van der Waals surface area contributed by atoms with Gasteiger partial charge in [0.2, 0.25) is 0 Å². The summed E-state index contributed by atoms with van der Waals surface area (Å²) in [5, 5.41) is 0. The van der Waals surface area contributed by atoms with Gasteiger partial charge in [0, 0.05) is 5.56 Å². The first-order valence-corrected chi connectivity index (χ1v) is 3.37. The predicted octanol–water partition coefficient (Wildman–Crippen LogP) is 1.81. The molecule has 0 aliphatic carbocycles. The molecule has 0 aliphatic rings. The summed E-state index contributed by atoms with van der Waals surface area (Å²) < 4.78 is 36.5. The molecule has 5 heteroatoms. The molecule has 12 heavy (non-hydrogen) atoms. The topological polar surface area (TPSA) is 3.88 Å². The number of halogens is 3. The first-order chi connectivity index (χ1) is 5.54. The van der Waals surface area contributed by atoms with Gasteiger partial charge in [-0.3, -0.25) is 0 Å². The molecule has 1 rings (SSSR count). The highest BCUT2D eigenvalue weighted by Crippen LogP contribution is 2.04. The van der Waals surface area contributed by atoms with Crippen LogP contribution in [0, 0.1) is 0 Å². The van der Waals surface area contributed by atoms with Gasteiger partial charge in [0.25, 0.3) is 0 Å². The van der Waals surface area contributed by atoms with Gasteiger partial charge in [0.15, 0.2) is 0 Å². The van der Waals surface area contributed by atoms with E-state index in [2.05, 4.69) is 6.58 Å². The Morgan fingerprint density at radius 3 is 2.58 bits per heavy atom. The van der Waals surface area contributed by atoms with Crippen LogP contribution >= 0.6 is 0 Å². The van der Waals surface area contributed by atoms with Gasteiger partial charge >= 0.3 is 7.11 Å². The quantitative estimate of drug-likeness (QED) is 0.600. The molecule has 0 bridgehead atoms. The molecule has 0 saturated heterocycles. The van der Waals surface area contributed by atoms with E-state index in [9.17, 15) is 12.9 Å². The summed E-state index contributed by atoms with van der Waals surface area (Å²) in [4.78, 5) is 0. The van der Waals surface area contributed by atoms with E-state index in [0.717, 1.165) is 12.4 Å². The molecule has 0 aromatic carbocycles. The Hall–Kier alpha value is -1.26. The van der Waals surface area contributed by atoms with Gasteiger partial charge in [-0.15, -0.1) is 0 Å². The summed E-state index contributed by atoms with van der Waals surface area (Å²) >= 11 is 0. The zero-order valence-electron chi connectivity index (χ0n) is 6.25. The van der Waals surface area contributed by atoms with Crippen LogP contribution < -0.4 is 4.48 Å². The van der Waals surface area contributed by atoms with Crippen LogP contribution in [0.4, 0.5) is 12.9 Å². The van der Waals surface area contributed by atoms with Crippen molar-refractivity contribution in [2.75, 3.05) is 0 Å². The molecule has 1 heterocycles. The molecule has 0 aliphatic heterocycles. The molecule has 64 valence electrons. The molecule has 0 amide bonds. The lowest BCUT2D eigenvalue weighted by Crippen LogP contribution is -2.55. The normalized spacial score (nSPS) is 11.2. The summed E-state index contributed by atoms with van der Waals surface area (Å²) in [6, 6.07) is 2.90. The van der Waals surface area contributed by atoms with Gasteiger partial charge in [-0.05, 0) is 12.1 Å². The third kappa shape index (κ3) is 1.87. The Morgan fingerprint density at radius 2 is 2.08 bits per heavy atom. The Labute approximate surface area is 68.2 Å². The molecule has 0 N–H and O–H groups in total. The van der Waals surface area contributed by atoms with Crippen LogP contribution in [0.15, 0.2) is 31.1 Å². The van der Waals surface area contributed by atoms with E-state index in [1.165, 1.54) is 12.1 Å². The van der Waals surface area contributed by atoms with Crippen molar-refractivity contribution < 1.29 is 17.4 Å². The minimum atomic E-state index is -4.96. The average molecular weight is 173 g/mol. The van der Waals surface area contributed by atoms with Gasteiger partial charge in [-0.25, -0.2) is 0 Å². The lowest BCUT2D eigenvalue weighted by molar-refractivity contribution is -0.576. The van der Waals surface area contributed by atoms with Gasteiger partial charge < -0.3 is 17.4 Å². The van der Waals surface area contributed by atoms with E-state index in [0.29, 0.717) is 5.56 Å². The van der Waals surface area contributed by atoms with Crippen LogP contribution in [0.1, 0.15) is 5.56 Å². The lowest BCUT2D eigenvalue weighted by Gasteiger charge is -2.07. The van der Waals surface area contributed by atoms with Crippen molar-refractivity contribution in [2.24, 2.45) is 0 Å². The maximum atomic E-state index is 12.1. The maximum Gasteiger partial charge on any atom is 0.810 e. The Morgan fingerprint density at radius 1 is 1.42 bits per heavy atom. The first-order valence-electron chi connectivity index (χ1n) is 3.37. The maximum absolute atomic E-state index is 12.1. The van der Waals surface area contributed by atoms with E-state index >= 15 is 0 Å². The molecule has 0 fully saturated rings. The van der Waals surface area contributed by atoms with Crippen LogP contribution in [0.3, 0.4) is 0 Å². The van der Waals surface area contributed by atoms with Crippen molar-refractivity contribution in [2.45, 2.75) is 0 Å². The molecule has 0 spiro atoms. The van der Waals surface area contributed by atoms with Crippen molar-refractivity contribution in [1.82, 2.24) is 0 Å². The van der Waals surface area contributed by atoms with Gasteiger partial charge in [0.05, 0.1) is 0 Å². The van der Waals surface area contributed by atoms with Crippen LogP contribution in [0.2, 0.25) is 0 Å². The number of nitrogens with zero attached hydrogens (tertiary/aromatic N) is 1. The second kappa shape index (κ2) is 3.01. The molecule has 1 aromatic heterocycles. The van der Waals surface area contributed by atoms with Crippen LogP contribution in [0.25, 0.3) is 6.08 Å². The molecular formula is C7H7BF3N. The minimum Gasteiger partial charge on any atom is -0.379 e. The smallest absolute Gasteiger partial charge is 0.379 e. The number of rotatable bonds is 2. The monoisotopic (exact) mass is 173 g/mol. The molecular weight excluding hydrogens is 166 g/mol. The van der Waals surface area contributed by atoms with Crippen molar-refractivity contribution in [3.05, 3.63) is 36.7 Å². The van der Waals surface area contributed by atoms with E-state index in [1.54, 1.807) is 6.07 Å². The Bertz CT molecular complexity index is 295. The Balaban J connectivity index is 3.10. The lowest BCUT2D eigenvalue weighted by atomic mass is 10.1. The van der Waals surface area contributed by atoms with E-state index in [4.69, 9.17) is 0 Å². The highest BCUT2D eigenvalue weighted by molar-refractivity contribution is 6.48. The number of hydrogen-bond acceptors (Lipinski definition) is 0. The van der Waals surface area contributed by atoms with E-state index in [-0.39, 0.29) is 4.48 Å². The summed E-state index contributed by atoms with van der Waals surface area (Å²) in [6.45, 7) is 3.38. The summed E-state index contributed by atoms with van der Waals surface area (Å²) in [5.74, 6) is 0. The molecule has 0 saturated carbocycles. The average Bonchev–Trinajstić information content (AvgIpc) is 2.03. The van der Waals surface area contributed by atoms with Crippen molar-refractivity contribution in [3.8, 4) is 0 Å². The van der Waals surface area contributed by atoms with Crippen molar-refractivity contribution in [3.63, 3.8) is 0 Å². The van der Waals surface area contributed by atoms with Gasteiger partial charge in [0.1, 0.15) is 12.4 Å². The van der Waals surface area contributed by atoms with Crippen LogP contribution in [0.5, 0.6) is 0 Å². The number of pyridine rings is 1. The standard InChI is InChI=1S/C7H7BF3N/c1-2-7-4-3-5-12(6-7)8(9,10)11/h2-6H,1H2. The third-order valence-electron chi connectivity index (χ3n) is 1.42. The zero-order chi connectivity index (χ0) is 9.19. The first kappa shape index (κ1) is 8.84. The molecule has 0 unspecified atom stereocenters. The highest BCUT2D eigenvalue weighted by atomic mass is 19.4. The summed E-state index contributed by atoms with van der Waals surface area (Å²) in [7, 11) is -4.96. The van der Waals surface area contributed by atoms with Gasteiger partial charge in [-0.1, -0.05) is 12.7 Å². The van der Waals surface area contributed by atoms with Crippen LogP contribution in [-0.2, 0) is 0 Å². The third-order valence-corrected chi connectivity index (χ3v) is 1.42. The summed E-state index contributed by atoms with van der Waals surface area (Å²) in [5.41, 5.74) is 0.455.